The summed E-state index contributed by atoms with van der Waals surface area (Å²) in [7, 11) is -3.28. The zero-order valence-corrected chi connectivity index (χ0v) is 23.5. The maximum Gasteiger partial charge on any atom is 0.237 e. The van der Waals surface area contributed by atoms with Gasteiger partial charge in [0.15, 0.2) is 9.84 Å². The number of hydrogen-bond acceptors (Lipinski definition) is 6. The topological polar surface area (TPSA) is 90.1 Å². The van der Waals surface area contributed by atoms with Crippen LogP contribution in [-0.4, -0.2) is 30.1 Å². The lowest BCUT2D eigenvalue weighted by Gasteiger charge is -2.16. The third-order valence-electron chi connectivity index (χ3n) is 6.73. The van der Waals surface area contributed by atoms with Crippen molar-refractivity contribution >= 4 is 50.4 Å². The van der Waals surface area contributed by atoms with Crippen molar-refractivity contribution in [1.29, 1.82) is 0 Å². The molecule has 1 aliphatic rings. The van der Waals surface area contributed by atoms with Crippen molar-refractivity contribution in [2.24, 2.45) is 0 Å². The summed E-state index contributed by atoms with van der Waals surface area (Å²) in [4.78, 5) is 17.6. The van der Waals surface area contributed by atoms with E-state index in [2.05, 4.69) is 10.1 Å². The predicted molar refractivity (Wildman–Crippen MR) is 148 cm³/mol. The quantitative estimate of drug-likeness (QED) is 0.210. The normalized spacial score (nSPS) is 14.4. The largest absolute Gasteiger partial charge is 0.338 e. The van der Waals surface area contributed by atoms with Gasteiger partial charge >= 0.3 is 0 Å². The van der Waals surface area contributed by atoms with Gasteiger partial charge in [0, 0.05) is 39.0 Å². The lowest BCUT2D eigenvalue weighted by Crippen LogP contribution is -2.12. The fourth-order valence-electron chi connectivity index (χ4n) is 4.51. The molecule has 5 rings (SSSR count). The SMILES string of the molecule is CCS(=O)(=O)c1ccc(CC(=O)Cc2cc(Cl)c(C3(c4nc(-c5ccc(Cl)cc5)no4)CC3)c(Cl)c2)cc1. The molecule has 1 aliphatic carbocycles. The molecule has 6 nitrogen and oxygen atoms in total. The third kappa shape index (κ3) is 5.38. The zero-order chi connectivity index (χ0) is 27.1. The molecule has 0 atom stereocenters. The summed E-state index contributed by atoms with van der Waals surface area (Å²) in [6, 6.07) is 17.1. The van der Waals surface area contributed by atoms with E-state index >= 15 is 0 Å². The van der Waals surface area contributed by atoms with E-state index in [0.717, 1.165) is 29.5 Å². The summed E-state index contributed by atoms with van der Waals surface area (Å²) in [5.41, 5.74) is 2.38. The van der Waals surface area contributed by atoms with Crippen molar-refractivity contribution in [2.45, 2.75) is 42.9 Å². The number of carbonyl (C=O) groups is 1. The summed E-state index contributed by atoms with van der Waals surface area (Å²) < 4.78 is 29.6. The molecule has 3 aromatic carbocycles. The average molecular weight is 590 g/mol. The number of Topliss-reactive ketones (excluding diaryl/α,β-unsaturated/α-hetero) is 1. The van der Waals surface area contributed by atoms with E-state index < -0.39 is 15.3 Å². The van der Waals surface area contributed by atoms with Gasteiger partial charge in [-0.25, -0.2) is 8.42 Å². The molecule has 0 bridgehead atoms. The van der Waals surface area contributed by atoms with Gasteiger partial charge in [0.25, 0.3) is 0 Å². The van der Waals surface area contributed by atoms with Crippen LogP contribution in [-0.2, 0) is 32.9 Å². The van der Waals surface area contributed by atoms with Gasteiger partial charge in [-0.3, -0.25) is 4.79 Å². The second-order valence-corrected chi connectivity index (χ2v) is 12.9. The number of rotatable bonds is 9. The maximum atomic E-state index is 12.8. The highest BCUT2D eigenvalue weighted by molar-refractivity contribution is 7.91. The van der Waals surface area contributed by atoms with Crippen LogP contribution in [0.25, 0.3) is 11.4 Å². The van der Waals surface area contributed by atoms with Crippen LogP contribution in [0.5, 0.6) is 0 Å². The molecular formula is C28H23Cl3N2O4S. The molecule has 1 aromatic heterocycles. The molecule has 196 valence electrons. The van der Waals surface area contributed by atoms with E-state index in [9.17, 15) is 13.2 Å². The molecule has 0 saturated heterocycles. The first kappa shape index (κ1) is 26.9. The lowest BCUT2D eigenvalue weighted by atomic mass is 9.93. The Morgan fingerprint density at radius 2 is 1.53 bits per heavy atom. The van der Waals surface area contributed by atoms with Crippen molar-refractivity contribution < 1.29 is 17.7 Å². The Hall–Kier alpha value is -2.71. The number of sulfone groups is 1. The molecule has 38 heavy (non-hydrogen) atoms. The van der Waals surface area contributed by atoms with Gasteiger partial charge in [0.1, 0.15) is 5.78 Å². The minimum Gasteiger partial charge on any atom is -0.338 e. The van der Waals surface area contributed by atoms with Crippen molar-refractivity contribution in [3.05, 3.63) is 98.3 Å². The van der Waals surface area contributed by atoms with Gasteiger partial charge in [-0.15, -0.1) is 0 Å². The van der Waals surface area contributed by atoms with Gasteiger partial charge in [0.05, 0.1) is 16.1 Å². The first-order chi connectivity index (χ1) is 18.1. The molecule has 1 heterocycles. The molecule has 0 unspecified atom stereocenters. The van der Waals surface area contributed by atoms with Gasteiger partial charge in [-0.2, -0.15) is 4.98 Å². The van der Waals surface area contributed by atoms with E-state index in [1.807, 2.05) is 12.1 Å². The molecule has 0 aliphatic heterocycles. The second-order valence-electron chi connectivity index (χ2n) is 9.39. The highest BCUT2D eigenvalue weighted by atomic mass is 35.5. The van der Waals surface area contributed by atoms with Crippen LogP contribution in [0.4, 0.5) is 0 Å². The van der Waals surface area contributed by atoms with E-state index in [-0.39, 0.29) is 29.3 Å². The van der Waals surface area contributed by atoms with Crippen LogP contribution in [0.2, 0.25) is 15.1 Å². The number of ketones is 1. The Labute approximate surface area is 235 Å². The van der Waals surface area contributed by atoms with Crippen LogP contribution in [0.3, 0.4) is 0 Å². The number of hydrogen-bond donors (Lipinski definition) is 0. The first-order valence-electron chi connectivity index (χ1n) is 12.0. The van der Waals surface area contributed by atoms with E-state index in [1.54, 1.807) is 43.3 Å². The molecule has 1 fully saturated rings. The summed E-state index contributed by atoms with van der Waals surface area (Å²) in [5.74, 6) is 0.892. The maximum absolute atomic E-state index is 12.8. The van der Waals surface area contributed by atoms with Gasteiger partial charge < -0.3 is 4.52 Å². The predicted octanol–water partition coefficient (Wildman–Crippen LogP) is 6.92. The molecule has 10 heteroatoms. The van der Waals surface area contributed by atoms with E-state index in [4.69, 9.17) is 39.3 Å². The number of carbonyl (C=O) groups excluding carboxylic acids is 1. The Kier molecular flexibility index (Phi) is 7.40. The smallest absolute Gasteiger partial charge is 0.237 e. The Morgan fingerprint density at radius 1 is 0.921 bits per heavy atom. The lowest BCUT2D eigenvalue weighted by molar-refractivity contribution is -0.117. The monoisotopic (exact) mass is 588 g/mol. The van der Waals surface area contributed by atoms with Crippen LogP contribution in [0.15, 0.2) is 70.1 Å². The van der Waals surface area contributed by atoms with Crippen molar-refractivity contribution in [3.63, 3.8) is 0 Å². The van der Waals surface area contributed by atoms with Crippen molar-refractivity contribution in [1.82, 2.24) is 10.1 Å². The molecule has 0 N–H and O–H groups in total. The zero-order valence-electron chi connectivity index (χ0n) is 20.4. The van der Waals surface area contributed by atoms with Crippen molar-refractivity contribution in [2.75, 3.05) is 5.75 Å². The highest BCUT2D eigenvalue weighted by Crippen LogP contribution is 2.57. The van der Waals surface area contributed by atoms with Crippen LogP contribution in [0.1, 0.15) is 42.3 Å². The van der Waals surface area contributed by atoms with Crippen molar-refractivity contribution in [3.8, 4) is 11.4 Å². The van der Waals surface area contributed by atoms with E-state index in [1.165, 1.54) is 12.1 Å². The summed E-state index contributed by atoms with van der Waals surface area (Å²) in [6.07, 6.45) is 1.83. The van der Waals surface area contributed by atoms with E-state index in [0.29, 0.717) is 32.3 Å². The molecule has 1 saturated carbocycles. The molecular weight excluding hydrogens is 567 g/mol. The van der Waals surface area contributed by atoms with Gasteiger partial charge in [-0.1, -0.05) is 59.0 Å². The minimum absolute atomic E-state index is 0.0279. The minimum atomic E-state index is -3.28. The average Bonchev–Trinajstić information content (AvgIpc) is 3.51. The standard InChI is InChI=1S/C28H23Cl3N2O4S/c1-2-38(35,36)22-9-3-17(4-10-22)13-21(34)14-18-15-23(30)25(24(31)16-18)28(11-12-28)27-32-26(33-37-27)19-5-7-20(29)8-6-19/h3-10,15-16H,2,11-14H2,1H3. The molecule has 4 aromatic rings. The number of benzene rings is 3. The van der Waals surface area contributed by atoms with Gasteiger partial charge in [-0.05, 0) is 72.5 Å². The third-order valence-corrected chi connectivity index (χ3v) is 9.33. The Bertz CT molecular complexity index is 1590. The van der Waals surface area contributed by atoms with Crippen LogP contribution < -0.4 is 0 Å². The highest BCUT2D eigenvalue weighted by Gasteiger charge is 2.53. The summed E-state index contributed by atoms with van der Waals surface area (Å²) in [6.45, 7) is 1.60. The first-order valence-corrected chi connectivity index (χ1v) is 14.8. The number of halogens is 3. The Balaban J connectivity index is 1.32. The number of nitrogens with zero attached hydrogens (tertiary/aromatic N) is 2. The molecule has 0 amide bonds. The molecule has 0 spiro atoms. The summed E-state index contributed by atoms with van der Waals surface area (Å²) >= 11 is 19.4. The fourth-order valence-corrected chi connectivity index (χ4v) is 6.42. The molecule has 0 radical (unpaired) electrons. The van der Waals surface area contributed by atoms with Gasteiger partial charge in [0.2, 0.25) is 11.7 Å². The van der Waals surface area contributed by atoms with Crippen LogP contribution in [0, 0.1) is 0 Å². The summed E-state index contributed by atoms with van der Waals surface area (Å²) in [5, 5.41) is 5.64. The fraction of sp³-hybridized carbons (Fsp3) is 0.250. The Morgan fingerprint density at radius 3 is 2.11 bits per heavy atom. The van der Waals surface area contributed by atoms with Crippen LogP contribution >= 0.6 is 34.8 Å². The second kappa shape index (κ2) is 10.5. The number of aromatic nitrogens is 2.